The van der Waals surface area contributed by atoms with Crippen LogP contribution in [0, 0.1) is 4.77 Å². The molecule has 1 heterocycles. The highest BCUT2D eigenvalue weighted by atomic mass is 32.1. The molecule has 1 aromatic rings. The number of anilines is 2. The van der Waals surface area contributed by atoms with Crippen molar-refractivity contribution in [2.24, 2.45) is 0 Å². The summed E-state index contributed by atoms with van der Waals surface area (Å²) in [5.41, 5.74) is 0. The molecule has 0 saturated carbocycles. The smallest absolute Gasteiger partial charge is 0.225 e. The van der Waals surface area contributed by atoms with Crippen LogP contribution in [0.25, 0.3) is 0 Å². The van der Waals surface area contributed by atoms with Gasteiger partial charge in [-0.15, -0.1) is 26.3 Å². The molecule has 1 aromatic heterocycles. The van der Waals surface area contributed by atoms with E-state index in [0.29, 0.717) is 4.77 Å². The summed E-state index contributed by atoms with van der Waals surface area (Å²) in [4.78, 5) is 18.0. The summed E-state index contributed by atoms with van der Waals surface area (Å²) in [5.74, 6) is 1.78. The Kier molecular flexibility index (Phi) is 24.0. The van der Waals surface area contributed by atoms with Crippen molar-refractivity contribution in [3.05, 3.63) is 55.4 Å². The van der Waals surface area contributed by atoms with Gasteiger partial charge in [0.15, 0.2) is 0 Å². The van der Waals surface area contributed by atoms with Gasteiger partial charge in [0.1, 0.15) is 0 Å². The van der Waals surface area contributed by atoms with Crippen LogP contribution in [0.2, 0.25) is 0 Å². The Hall–Kier alpha value is -2.21. The molecule has 0 aliphatic heterocycles. The molecule has 232 valence electrons. The summed E-state index contributed by atoms with van der Waals surface area (Å²) in [6, 6.07) is 0. The molecule has 0 amide bonds. The van der Waals surface area contributed by atoms with Gasteiger partial charge in [0.2, 0.25) is 16.7 Å². The number of nitrogens with zero attached hydrogens (tertiary/aromatic N) is 4. The maximum absolute atomic E-state index is 5.63. The molecule has 5 nitrogen and oxygen atoms in total. The third-order valence-electron chi connectivity index (χ3n) is 7.57. The first-order valence-electron chi connectivity index (χ1n) is 16.6. The molecule has 0 aliphatic rings. The van der Waals surface area contributed by atoms with Crippen LogP contribution >= 0.6 is 12.2 Å². The second-order valence-corrected chi connectivity index (χ2v) is 11.6. The molecule has 0 saturated heterocycles. The Morgan fingerprint density at radius 1 is 0.463 bits per heavy atom. The third kappa shape index (κ3) is 19.5. The number of hydrogen-bond acceptors (Lipinski definition) is 5. The number of unbranched alkanes of at least 4 members (excludes halogenated alkanes) is 16. The SMILES string of the molecule is C=CCCCCCCN(CCCCCCC=C)c1nc(=S)nc(N(CCCCCCC=C)CCCCCCC=C)[nH]1. The molecule has 0 radical (unpaired) electrons. The van der Waals surface area contributed by atoms with Gasteiger partial charge in [0.05, 0.1) is 0 Å². The van der Waals surface area contributed by atoms with E-state index in [1.165, 1.54) is 77.0 Å². The summed E-state index contributed by atoms with van der Waals surface area (Å²) < 4.78 is 0.442. The van der Waals surface area contributed by atoms with Crippen LogP contribution in [0.15, 0.2) is 50.6 Å². The predicted octanol–water partition coefficient (Wildman–Crippen LogP) is 10.7. The van der Waals surface area contributed by atoms with Crippen LogP contribution in [-0.4, -0.2) is 41.1 Å². The average Bonchev–Trinajstić information content (AvgIpc) is 2.97. The van der Waals surface area contributed by atoms with Crippen LogP contribution in [0.3, 0.4) is 0 Å². The Morgan fingerprint density at radius 3 is 1.00 bits per heavy atom. The zero-order valence-corrected chi connectivity index (χ0v) is 27.1. The Labute approximate surface area is 258 Å². The lowest BCUT2D eigenvalue weighted by molar-refractivity contribution is 0.581. The minimum atomic E-state index is 0.442. The average molecular weight is 584 g/mol. The van der Waals surface area contributed by atoms with E-state index >= 15 is 0 Å². The minimum Gasteiger partial charge on any atom is -0.342 e. The normalized spacial score (nSPS) is 10.8. The van der Waals surface area contributed by atoms with Gasteiger partial charge in [0, 0.05) is 26.2 Å². The second kappa shape index (κ2) is 26.7. The van der Waals surface area contributed by atoms with Crippen molar-refractivity contribution in [3.63, 3.8) is 0 Å². The number of hydrogen-bond donors (Lipinski definition) is 1. The van der Waals surface area contributed by atoms with Gasteiger partial charge < -0.3 is 9.80 Å². The zero-order valence-electron chi connectivity index (χ0n) is 26.3. The number of allylic oxidation sites excluding steroid dienone is 4. The highest BCUT2D eigenvalue weighted by Gasteiger charge is 2.15. The number of nitrogens with one attached hydrogen (secondary N) is 1. The maximum Gasteiger partial charge on any atom is 0.225 e. The van der Waals surface area contributed by atoms with E-state index in [9.17, 15) is 0 Å². The zero-order chi connectivity index (χ0) is 29.8. The van der Waals surface area contributed by atoms with E-state index in [2.05, 4.69) is 41.1 Å². The van der Waals surface area contributed by atoms with Crippen LogP contribution in [0.1, 0.15) is 128 Å². The van der Waals surface area contributed by atoms with E-state index in [4.69, 9.17) is 22.2 Å². The van der Waals surface area contributed by atoms with Crippen molar-refractivity contribution in [3.8, 4) is 0 Å². The summed E-state index contributed by atoms with van der Waals surface area (Å²) >= 11 is 5.63. The second-order valence-electron chi connectivity index (χ2n) is 11.2. The van der Waals surface area contributed by atoms with Crippen LogP contribution in [0.5, 0.6) is 0 Å². The van der Waals surface area contributed by atoms with Gasteiger partial charge in [0.25, 0.3) is 0 Å². The Balaban J connectivity index is 2.94. The monoisotopic (exact) mass is 583 g/mol. The molecule has 0 unspecified atom stereocenters. The van der Waals surface area contributed by atoms with Gasteiger partial charge in [-0.05, 0) is 89.3 Å². The van der Waals surface area contributed by atoms with Crippen molar-refractivity contribution in [1.82, 2.24) is 15.0 Å². The summed E-state index contributed by atoms with van der Waals surface area (Å²) in [5, 5.41) is 0. The summed E-state index contributed by atoms with van der Waals surface area (Å²) in [6.07, 6.45) is 32.0. The topological polar surface area (TPSA) is 48.1 Å². The molecule has 6 heteroatoms. The lowest BCUT2D eigenvalue weighted by Gasteiger charge is -2.27. The molecular weight excluding hydrogens is 522 g/mol. The lowest BCUT2D eigenvalue weighted by atomic mass is 10.1. The molecule has 0 atom stereocenters. The molecule has 0 bridgehead atoms. The van der Waals surface area contributed by atoms with E-state index in [1.54, 1.807) is 0 Å². The quantitative estimate of drug-likeness (QED) is 0.0554. The van der Waals surface area contributed by atoms with Gasteiger partial charge in [-0.3, -0.25) is 4.98 Å². The summed E-state index contributed by atoms with van der Waals surface area (Å²) in [7, 11) is 0. The van der Waals surface area contributed by atoms with Gasteiger partial charge in [-0.25, -0.2) is 0 Å². The van der Waals surface area contributed by atoms with Crippen molar-refractivity contribution >= 4 is 24.1 Å². The largest absolute Gasteiger partial charge is 0.342 e. The molecule has 1 N–H and O–H groups in total. The van der Waals surface area contributed by atoms with E-state index in [0.717, 1.165) is 89.4 Å². The van der Waals surface area contributed by atoms with E-state index in [-0.39, 0.29) is 0 Å². The van der Waals surface area contributed by atoms with Gasteiger partial charge in [-0.2, -0.15) is 9.97 Å². The highest BCUT2D eigenvalue weighted by molar-refractivity contribution is 7.71. The van der Waals surface area contributed by atoms with Gasteiger partial charge in [-0.1, -0.05) is 75.7 Å². The third-order valence-corrected chi connectivity index (χ3v) is 7.75. The molecule has 0 fully saturated rings. The number of aromatic amines is 1. The molecule has 0 aliphatic carbocycles. The fourth-order valence-electron chi connectivity index (χ4n) is 5.09. The van der Waals surface area contributed by atoms with Crippen LogP contribution in [-0.2, 0) is 0 Å². The first-order chi connectivity index (χ1) is 20.2. The number of H-pyrrole nitrogens is 1. The fraction of sp³-hybridized carbons (Fsp3) is 0.686. The standard InChI is InChI=1S/C35H61N5S/c1-5-9-13-17-21-25-29-39(30-26-22-18-14-10-6-2)33-36-34(38-35(41)37-33)40(31-27-23-19-15-11-7-3)32-28-24-20-16-12-8-4/h5-8H,1-4,9-32H2,(H,36,37,38,41). The summed E-state index contributed by atoms with van der Waals surface area (Å²) in [6.45, 7) is 19.4. The first kappa shape index (κ1) is 36.8. The van der Waals surface area contributed by atoms with Crippen molar-refractivity contribution < 1.29 is 0 Å². The van der Waals surface area contributed by atoms with Crippen molar-refractivity contribution in [2.45, 2.75) is 128 Å². The molecule has 0 spiro atoms. The van der Waals surface area contributed by atoms with Crippen LogP contribution in [0.4, 0.5) is 11.9 Å². The van der Waals surface area contributed by atoms with Crippen molar-refractivity contribution in [1.29, 1.82) is 0 Å². The number of aromatic nitrogens is 3. The molecule has 1 rings (SSSR count). The Bertz CT molecular complexity index is 759. The lowest BCUT2D eigenvalue weighted by Crippen LogP contribution is -2.31. The molecule has 41 heavy (non-hydrogen) atoms. The van der Waals surface area contributed by atoms with E-state index in [1.807, 2.05) is 24.3 Å². The minimum absolute atomic E-state index is 0.442. The molecular formula is C35H61N5S. The van der Waals surface area contributed by atoms with E-state index < -0.39 is 0 Å². The molecule has 0 aromatic carbocycles. The predicted molar refractivity (Wildman–Crippen MR) is 185 cm³/mol. The first-order valence-corrected chi connectivity index (χ1v) is 17.0. The van der Waals surface area contributed by atoms with Crippen molar-refractivity contribution in [2.75, 3.05) is 36.0 Å². The highest BCUT2D eigenvalue weighted by Crippen LogP contribution is 2.18. The Morgan fingerprint density at radius 2 is 0.732 bits per heavy atom. The van der Waals surface area contributed by atoms with Gasteiger partial charge >= 0.3 is 0 Å². The fourth-order valence-corrected chi connectivity index (χ4v) is 5.26. The maximum atomic E-state index is 5.63. The number of rotatable bonds is 30. The van der Waals surface area contributed by atoms with Crippen LogP contribution < -0.4 is 9.80 Å².